The van der Waals surface area contributed by atoms with Gasteiger partial charge in [-0.2, -0.15) is 0 Å². The van der Waals surface area contributed by atoms with Gasteiger partial charge in [-0.1, -0.05) is 38.3 Å². The van der Waals surface area contributed by atoms with Gasteiger partial charge in [0, 0.05) is 69.2 Å². The number of nitrogens with zero attached hydrogens (tertiary/aromatic N) is 5. The van der Waals surface area contributed by atoms with E-state index in [-0.39, 0.29) is 23.7 Å². The maximum absolute atomic E-state index is 14.3. The van der Waals surface area contributed by atoms with Crippen LogP contribution >= 0.6 is 0 Å². The molecule has 39 heavy (non-hydrogen) atoms. The van der Waals surface area contributed by atoms with Gasteiger partial charge in [0.25, 0.3) is 0 Å². The molecule has 3 heterocycles. The van der Waals surface area contributed by atoms with Gasteiger partial charge in [0.05, 0.1) is 6.42 Å². The zero-order valence-electron chi connectivity index (χ0n) is 23.3. The Balaban J connectivity index is 1.30. The molecule has 0 radical (unpaired) electrons. The fourth-order valence-electron chi connectivity index (χ4n) is 7.53. The number of carboxylic acid groups (broad SMARTS) is 1. The standard InChI is InChI=1S/C31H44FN5O2/c1-2-16-37(30-33-14-7-15-34-30)27-10-17-35(18-11-27)21-25-22-36(23-28(25)24-8-6-9-26(32)19-24)31(20-29(38)39)12-4-3-5-13-31/h6-9,14-15,19,25,27-28H,2-5,10-13,16-18,20-23H2,1H3,(H,38,39). The van der Waals surface area contributed by atoms with Crippen molar-refractivity contribution in [1.82, 2.24) is 19.8 Å². The zero-order valence-corrected chi connectivity index (χ0v) is 23.3. The third-order valence-electron chi connectivity index (χ3n) is 9.42. The van der Waals surface area contributed by atoms with E-state index in [2.05, 4.69) is 37.7 Å². The smallest absolute Gasteiger partial charge is 0.305 e. The molecule has 2 aliphatic heterocycles. The summed E-state index contributed by atoms with van der Waals surface area (Å²) in [6, 6.07) is 9.39. The predicted octanol–water partition coefficient (Wildman–Crippen LogP) is 5.19. The number of carbonyl (C=O) groups is 1. The summed E-state index contributed by atoms with van der Waals surface area (Å²) < 4.78 is 14.3. The van der Waals surface area contributed by atoms with Crippen LogP contribution in [0.5, 0.6) is 0 Å². The van der Waals surface area contributed by atoms with Gasteiger partial charge in [-0.3, -0.25) is 9.69 Å². The first-order chi connectivity index (χ1) is 19.0. The van der Waals surface area contributed by atoms with Crippen molar-refractivity contribution in [2.45, 2.75) is 82.2 Å². The molecule has 2 aromatic rings. The van der Waals surface area contributed by atoms with E-state index < -0.39 is 5.97 Å². The van der Waals surface area contributed by atoms with Gasteiger partial charge in [-0.05, 0) is 61.8 Å². The molecule has 2 unspecified atom stereocenters. The quantitative estimate of drug-likeness (QED) is 0.447. The fraction of sp³-hybridized carbons (Fsp3) is 0.645. The molecular weight excluding hydrogens is 493 g/mol. The van der Waals surface area contributed by atoms with Crippen LogP contribution in [0.25, 0.3) is 0 Å². The lowest BCUT2D eigenvalue weighted by Gasteiger charge is -2.44. The van der Waals surface area contributed by atoms with Crippen LogP contribution < -0.4 is 4.90 Å². The van der Waals surface area contributed by atoms with Crippen LogP contribution in [0.1, 0.15) is 76.2 Å². The van der Waals surface area contributed by atoms with Crippen LogP contribution in [0.2, 0.25) is 0 Å². The van der Waals surface area contributed by atoms with Gasteiger partial charge in [0.1, 0.15) is 5.82 Å². The first kappa shape index (κ1) is 28.0. The minimum Gasteiger partial charge on any atom is -0.481 e. The summed E-state index contributed by atoms with van der Waals surface area (Å²) in [5.41, 5.74) is 0.780. The molecule has 8 heteroatoms. The van der Waals surface area contributed by atoms with Crippen LogP contribution in [-0.2, 0) is 4.79 Å². The molecule has 0 bridgehead atoms. The molecule has 0 amide bonds. The van der Waals surface area contributed by atoms with E-state index in [4.69, 9.17) is 0 Å². The highest BCUT2D eigenvalue weighted by Crippen LogP contribution is 2.44. The monoisotopic (exact) mass is 537 g/mol. The number of halogens is 1. The van der Waals surface area contributed by atoms with Gasteiger partial charge in [0.15, 0.2) is 0 Å². The Morgan fingerprint density at radius 1 is 1.10 bits per heavy atom. The Morgan fingerprint density at radius 2 is 1.85 bits per heavy atom. The van der Waals surface area contributed by atoms with Gasteiger partial charge in [-0.15, -0.1) is 0 Å². The van der Waals surface area contributed by atoms with Gasteiger partial charge < -0.3 is 14.9 Å². The number of likely N-dealkylation sites (tertiary alicyclic amines) is 2. The third-order valence-corrected chi connectivity index (χ3v) is 9.42. The molecule has 2 saturated heterocycles. The molecule has 1 aromatic heterocycles. The summed E-state index contributed by atoms with van der Waals surface area (Å²) in [7, 11) is 0. The average molecular weight is 538 g/mol. The van der Waals surface area contributed by atoms with Crippen molar-refractivity contribution in [2.24, 2.45) is 5.92 Å². The highest BCUT2D eigenvalue weighted by molar-refractivity contribution is 5.68. The summed E-state index contributed by atoms with van der Waals surface area (Å²) in [5.74, 6) is 0.485. The summed E-state index contributed by atoms with van der Waals surface area (Å²) in [6.45, 7) is 7.85. The summed E-state index contributed by atoms with van der Waals surface area (Å²) in [4.78, 5) is 28.5. The van der Waals surface area contributed by atoms with Crippen LogP contribution in [0.15, 0.2) is 42.7 Å². The SMILES string of the molecule is CCCN(c1ncccn1)C1CCN(CC2CN(C3(CC(=O)O)CCCCC3)CC2c2cccc(F)c2)CC1. The van der Waals surface area contributed by atoms with E-state index >= 15 is 0 Å². The van der Waals surface area contributed by atoms with Crippen LogP contribution in [0, 0.1) is 11.7 Å². The molecule has 0 spiro atoms. The average Bonchev–Trinajstić information content (AvgIpc) is 3.37. The lowest BCUT2D eigenvalue weighted by Crippen LogP contribution is -2.51. The number of aliphatic carboxylic acids is 1. The second-order valence-corrected chi connectivity index (χ2v) is 12.0. The normalized spacial score (nSPS) is 24.6. The predicted molar refractivity (Wildman–Crippen MR) is 151 cm³/mol. The molecule has 2 atom stereocenters. The number of benzene rings is 1. The minimum atomic E-state index is -0.705. The Morgan fingerprint density at radius 3 is 2.51 bits per heavy atom. The number of rotatable bonds is 10. The van der Waals surface area contributed by atoms with Gasteiger partial charge in [0.2, 0.25) is 5.95 Å². The number of piperidine rings is 1. The Hall–Kier alpha value is -2.58. The molecule has 1 saturated carbocycles. The lowest BCUT2D eigenvalue weighted by molar-refractivity contribution is -0.141. The zero-order chi connectivity index (χ0) is 27.2. The van der Waals surface area contributed by atoms with E-state index in [9.17, 15) is 14.3 Å². The van der Waals surface area contributed by atoms with Crippen LogP contribution in [0.4, 0.5) is 10.3 Å². The topological polar surface area (TPSA) is 72.8 Å². The molecule has 3 aliphatic rings. The van der Waals surface area contributed by atoms with E-state index in [1.54, 1.807) is 6.07 Å². The van der Waals surface area contributed by atoms with E-state index in [0.717, 1.165) is 95.7 Å². The maximum Gasteiger partial charge on any atom is 0.305 e. The number of hydrogen-bond donors (Lipinski definition) is 1. The van der Waals surface area contributed by atoms with Crippen molar-refractivity contribution >= 4 is 11.9 Å². The van der Waals surface area contributed by atoms with Crippen LogP contribution in [0.3, 0.4) is 0 Å². The maximum atomic E-state index is 14.3. The molecule has 1 aromatic carbocycles. The largest absolute Gasteiger partial charge is 0.481 e. The molecule has 212 valence electrons. The van der Waals surface area contributed by atoms with E-state index in [1.165, 1.54) is 12.5 Å². The highest BCUT2D eigenvalue weighted by atomic mass is 19.1. The molecule has 1 aliphatic carbocycles. The first-order valence-electron chi connectivity index (χ1n) is 15.0. The van der Waals surface area contributed by atoms with Crippen molar-refractivity contribution in [3.8, 4) is 0 Å². The summed E-state index contributed by atoms with van der Waals surface area (Å²) >= 11 is 0. The minimum absolute atomic E-state index is 0.192. The summed E-state index contributed by atoms with van der Waals surface area (Å²) in [6.07, 6.45) is 12.3. The molecular formula is C31H44FN5O2. The molecule has 1 N–H and O–H groups in total. The van der Waals surface area contributed by atoms with Gasteiger partial charge in [-0.25, -0.2) is 14.4 Å². The molecule has 7 nitrogen and oxygen atoms in total. The Kier molecular flexibility index (Phi) is 9.13. The number of aromatic nitrogens is 2. The Bertz CT molecular complexity index is 1070. The third kappa shape index (κ3) is 6.60. The number of hydrogen-bond acceptors (Lipinski definition) is 6. The highest BCUT2D eigenvalue weighted by Gasteiger charge is 2.47. The second-order valence-electron chi connectivity index (χ2n) is 12.0. The van der Waals surface area contributed by atoms with Crippen molar-refractivity contribution in [1.29, 1.82) is 0 Å². The fourth-order valence-corrected chi connectivity index (χ4v) is 7.53. The summed E-state index contributed by atoms with van der Waals surface area (Å²) in [5, 5.41) is 9.83. The lowest BCUT2D eigenvalue weighted by atomic mass is 9.78. The Labute approximate surface area is 232 Å². The van der Waals surface area contributed by atoms with Gasteiger partial charge >= 0.3 is 5.97 Å². The van der Waals surface area contributed by atoms with Crippen molar-refractivity contribution in [3.63, 3.8) is 0 Å². The van der Waals surface area contributed by atoms with Crippen molar-refractivity contribution in [2.75, 3.05) is 44.2 Å². The first-order valence-corrected chi connectivity index (χ1v) is 15.0. The molecule has 3 fully saturated rings. The van der Waals surface area contributed by atoms with Crippen LogP contribution in [-0.4, -0.2) is 81.7 Å². The molecule has 5 rings (SSSR count). The van der Waals surface area contributed by atoms with E-state index in [1.807, 2.05) is 24.5 Å². The second kappa shape index (κ2) is 12.7. The number of carboxylic acids is 1. The number of anilines is 1. The van der Waals surface area contributed by atoms with E-state index in [0.29, 0.717) is 12.0 Å². The van der Waals surface area contributed by atoms with Crippen molar-refractivity contribution in [3.05, 3.63) is 54.1 Å². The van der Waals surface area contributed by atoms with Crippen molar-refractivity contribution < 1.29 is 14.3 Å².